The second kappa shape index (κ2) is 9.17. The number of aromatic nitrogens is 3. The van der Waals surface area contributed by atoms with Crippen LogP contribution in [-0.4, -0.2) is 47.5 Å². The Hall–Kier alpha value is -2.41. The summed E-state index contributed by atoms with van der Waals surface area (Å²) < 4.78 is 6.94. The molecule has 0 aliphatic heterocycles. The van der Waals surface area contributed by atoms with Gasteiger partial charge in [0.1, 0.15) is 5.82 Å². The molecule has 7 heteroatoms. The van der Waals surface area contributed by atoms with Crippen LogP contribution >= 0.6 is 0 Å². The number of nitrogens with one attached hydrogen (secondary N) is 2. The van der Waals surface area contributed by atoms with Gasteiger partial charge in [-0.1, -0.05) is 6.92 Å². The van der Waals surface area contributed by atoms with Gasteiger partial charge < -0.3 is 15.4 Å². The first-order valence-corrected chi connectivity index (χ1v) is 8.47. The van der Waals surface area contributed by atoms with Crippen LogP contribution in [0.3, 0.4) is 0 Å². The van der Waals surface area contributed by atoms with E-state index in [1.54, 1.807) is 19.4 Å². The Morgan fingerprint density at radius 2 is 2.16 bits per heavy atom. The lowest BCUT2D eigenvalue weighted by atomic mass is 10.2. The zero-order valence-electron chi connectivity index (χ0n) is 15.4. The van der Waals surface area contributed by atoms with Gasteiger partial charge in [-0.3, -0.25) is 9.48 Å². The quantitative estimate of drug-likeness (QED) is 0.680. The minimum atomic E-state index is -0.144. The van der Waals surface area contributed by atoms with Gasteiger partial charge in [0.05, 0.1) is 17.9 Å². The molecular weight excluding hydrogens is 318 g/mol. The Balaban J connectivity index is 1.80. The molecule has 0 aliphatic rings. The van der Waals surface area contributed by atoms with Crippen LogP contribution in [0, 0.1) is 19.8 Å². The Bertz CT molecular complexity index is 681. The Kier molecular flexibility index (Phi) is 6.94. The standard InChI is InChI=1S/C18H27N5O2/c1-13(12-23-15(3)9-14(2)22-23)10-20-17-6-5-16(11-21-17)18(24)19-7-8-25-4/h5-6,9,11,13H,7-8,10,12H2,1-4H3,(H,19,24)(H,20,21)/t13-/m1/s1. The molecule has 0 saturated heterocycles. The second-order valence-corrected chi connectivity index (χ2v) is 6.28. The average Bonchev–Trinajstić information content (AvgIpc) is 2.90. The monoisotopic (exact) mass is 345 g/mol. The van der Waals surface area contributed by atoms with Gasteiger partial charge >= 0.3 is 0 Å². The molecule has 2 rings (SSSR count). The number of nitrogens with zero attached hydrogens (tertiary/aromatic N) is 3. The lowest BCUT2D eigenvalue weighted by Gasteiger charge is -2.14. The maximum Gasteiger partial charge on any atom is 0.252 e. The van der Waals surface area contributed by atoms with Crippen molar-refractivity contribution in [1.82, 2.24) is 20.1 Å². The van der Waals surface area contributed by atoms with E-state index in [0.717, 1.165) is 24.6 Å². The number of carbonyl (C=O) groups excluding carboxylic acids is 1. The lowest BCUT2D eigenvalue weighted by molar-refractivity contribution is 0.0937. The van der Waals surface area contributed by atoms with Gasteiger partial charge in [0.15, 0.2) is 0 Å². The number of aryl methyl sites for hydroxylation is 2. The van der Waals surface area contributed by atoms with Crippen LogP contribution in [0.25, 0.3) is 0 Å². The van der Waals surface area contributed by atoms with Gasteiger partial charge in [-0.15, -0.1) is 0 Å². The molecule has 1 amide bonds. The number of amides is 1. The van der Waals surface area contributed by atoms with E-state index in [1.807, 2.05) is 17.7 Å². The maximum absolute atomic E-state index is 11.9. The molecule has 7 nitrogen and oxygen atoms in total. The van der Waals surface area contributed by atoms with Gasteiger partial charge in [-0.05, 0) is 38.0 Å². The minimum absolute atomic E-state index is 0.144. The number of pyridine rings is 1. The van der Waals surface area contributed by atoms with E-state index in [2.05, 4.69) is 40.6 Å². The van der Waals surface area contributed by atoms with Crippen molar-refractivity contribution < 1.29 is 9.53 Å². The molecule has 2 aromatic rings. The van der Waals surface area contributed by atoms with E-state index in [1.165, 1.54) is 5.69 Å². The number of anilines is 1. The zero-order valence-corrected chi connectivity index (χ0v) is 15.4. The SMILES string of the molecule is COCCNC(=O)c1ccc(NC[C@@H](C)Cn2nc(C)cc2C)nc1. The summed E-state index contributed by atoms with van der Waals surface area (Å²) in [6, 6.07) is 5.67. The molecule has 2 heterocycles. The van der Waals surface area contributed by atoms with Gasteiger partial charge in [0.2, 0.25) is 0 Å². The van der Waals surface area contributed by atoms with Crippen LogP contribution in [-0.2, 0) is 11.3 Å². The summed E-state index contributed by atoms with van der Waals surface area (Å²) >= 11 is 0. The summed E-state index contributed by atoms with van der Waals surface area (Å²) in [6.45, 7) is 8.85. The van der Waals surface area contributed by atoms with Crippen molar-refractivity contribution in [3.63, 3.8) is 0 Å². The molecule has 0 aromatic carbocycles. The normalized spacial score (nSPS) is 12.0. The highest BCUT2D eigenvalue weighted by Crippen LogP contribution is 2.09. The first kappa shape index (κ1) is 18.9. The van der Waals surface area contributed by atoms with Gasteiger partial charge in [0, 0.05) is 38.6 Å². The third-order valence-corrected chi connectivity index (χ3v) is 3.84. The Labute approximate surface area is 148 Å². The molecule has 2 aromatic heterocycles. The van der Waals surface area contributed by atoms with Crippen molar-refractivity contribution in [2.75, 3.05) is 32.1 Å². The van der Waals surface area contributed by atoms with Crippen molar-refractivity contribution in [3.8, 4) is 0 Å². The average molecular weight is 345 g/mol. The molecule has 136 valence electrons. The molecule has 0 radical (unpaired) electrons. The van der Waals surface area contributed by atoms with E-state index < -0.39 is 0 Å². The lowest BCUT2D eigenvalue weighted by Crippen LogP contribution is -2.27. The number of hydrogen-bond donors (Lipinski definition) is 2. The van der Waals surface area contributed by atoms with Crippen LogP contribution in [0.4, 0.5) is 5.82 Å². The van der Waals surface area contributed by atoms with Crippen LogP contribution in [0.2, 0.25) is 0 Å². The van der Waals surface area contributed by atoms with E-state index in [-0.39, 0.29) is 5.91 Å². The fraction of sp³-hybridized carbons (Fsp3) is 0.500. The highest BCUT2D eigenvalue weighted by Gasteiger charge is 2.09. The maximum atomic E-state index is 11.9. The van der Waals surface area contributed by atoms with E-state index in [0.29, 0.717) is 24.6 Å². The molecule has 0 aliphatic carbocycles. The van der Waals surface area contributed by atoms with Crippen LogP contribution in [0.5, 0.6) is 0 Å². The third kappa shape index (κ3) is 5.86. The first-order valence-electron chi connectivity index (χ1n) is 8.47. The van der Waals surface area contributed by atoms with Gasteiger partial charge in [-0.25, -0.2) is 4.98 Å². The summed E-state index contributed by atoms with van der Waals surface area (Å²) in [6.07, 6.45) is 1.58. The fourth-order valence-corrected chi connectivity index (χ4v) is 2.50. The second-order valence-electron chi connectivity index (χ2n) is 6.28. The van der Waals surface area contributed by atoms with Crippen molar-refractivity contribution >= 4 is 11.7 Å². The number of ether oxygens (including phenoxy) is 1. The minimum Gasteiger partial charge on any atom is -0.383 e. The van der Waals surface area contributed by atoms with Crippen molar-refractivity contribution in [1.29, 1.82) is 0 Å². The number of rotatable bonds is 9. The predicted octanol–water partition coefficient (Wildman–Crippen LogP) is 2.02. The van der Waals surface area contributed by atoms with Gasteiger partial charge in [-0.2, -0.15) is 5.10 Å². The molecule has 0 spiro atoms. The molecule has 0 unspecified atom stereocenters. The summed E-state index contributed by atoms with van der Waals surface area (Å²) in [4.78, 5) is 16.2. The molecule has 2 N–H and O–H groups in total. The molecule has 0 bridgehead atoms. The van der Waals surface area contributed by atoms with Crippen LogP contribution < -0.4 is 10.6 Å². The smallest absolute Gasteiger partial charge is 0.252 e. The molecule has 0 fully saturated rings. The molecule has 1 atom stereocenters. The fourth-order valence-electron chi connectivity index (χ4n) is 2.50. The van der Waals surface area contributed by atoms with E-state index >= 15 is 0 Å². The molecular formula is C18H27N5O2. The predicted molar refractivity (Wildman–Crippen MR) is 97.8 cm³/mol. The Morgan fingerprint density at radius 1 is 1.36 bits per heavy atom. The number of hydrogen-bond acceptors (Lipinski definition) is 5. The van der Waals surface area contributed by atoms with Crippen LogP contribution in [0.15, 0.2) is 24.4 Å². The van der Waals surface area contributed by atoms with Crippen molar-refractivity contribution in [2.45, 2.75) is 27.3 Å². The summed E-state index contributed by atoms with van der Waals surface area (Å²) in [5.41, 5.74) is 2.75. The number of methoxy groups -OCH3 is 1. The van der Waals surface area contributed by atoms with Crippen molar-refractivity contribution in [2.24, 2.45) is 5.92 Å². The summed E-state index contributed by atoms with van der Waals surface area (Å²) in [5, 5.41) is 10.6. The molecule has 25 heavy (non-hydrogen) atoms. The summed E-state index contributed by atoms with van der Waals surface area (Å²) in [5.74, 6) is 1.01. The topological polar surface area (TPSA) is 81.1 Å². The van der Waals surface area contributed by atoms with Crippen LogP contribution in [0.1, 0.15) is 28.7 Å². The highest BCUT2D eigenvalue weighted by molar-refractivity contribution is 5.94. The summed E-state index contributed by atoms with van der Waals surface area (Å²) in [7, 11) is 1.60. The largest absolute Gasteiger partial charge is 0.383 e. The third-order valence-electron chi connectivity index (χ3n) is 3.84. The molecule has 0 saturated carbocycles. The Morgan fingerprint density at radius 3 is 2.76 bits per heavy atom. The van der Waals surface area contributed by atoms with E-state index in [4.69, 9.17) is 4.74 Å². The van der Waals surface area contributed by atoms with Gasteiger partial charge in [0.25, 0.3) is 5.91 Å². The van der Waals surface area contributed by atoms with Crippen molar-refractivity contribution in [3.05, 3.63) is 41.3 Å². The van der Waals surface area contributed by atoms with E-state index in [9.17, 15) is 4.79 Å². The zero-order chi connectivity index (χ0) is 18.2. The highest BCUT2D eigenvalue weighted by atomic mass is 16.5. The first-order chi connectivity index (χ1) is 12.0. The number of carbonyl (C=O) groups is 1.